The van der Waals surface area contributed by atoms with Gasteiger partial charge >= 0.3 is 0 Å². The molecule has 0 spiro atoms. The molecule has 4 rings (SSSR count). The molecule has 0 aromatic heterocycles. The van der Waals surface area contributed by atoms with Crippen LogP contribution in [0, 0.1) is 0 Å². The first kappa shape index (κ1) is 123. The van der Waals surface area contributed by atoms with Crippen LogP contribution in [0.3, 0.4) is 0 Å². The molecule has 0 aliphatic carbocycles. The van der Waals surface area contributed by atoms with E-state index in [-0.39, 0.29) is 62.9 Å². The highest BCUT2D eigenvalue weighted by Gasteiger charge is 2.26. The molecule has 4 aromatic rings. The molecule has 16 nitrogen and oxygen atoms in total. The van der Waals surface area contributed by atoms with Gasteiger partial charge in [-0.1, -0.05) is 466 Å². The minimum atomic E-state index is -0.306. The monoisotopic (exact) mass is 1920 g/mol. The first-order valence-corrected chi connectivity index (χ1v) is 58.8. The predicted octanol–water partition coefficient (Wildman–Crippen LogP) is 35.4. The molecule has 16 heteroatoms. The molecule has 2 N–H and O–H groups in total. The van der Waals surface area contributed by atoms with E-state index in [2.05, 4.69) is 66.0 Å². The Bertz CT molecular complexity index is 3290. The summed E-state index contributed by atoms with van der Waals surface area (Å²) < 4.78 is 52.8. The number of amides is 4. The van der Waals surface area contributed by atoms with Gasteiger partial charge in [-0.05, 0) is 124 Å². The van der Waals surface area contributed by atoms with E-state index in [1.165, 1.54) is 347 Å². The zero-order valence-electron chi connectivity index (χ0n) is 90.5. The first-order valence-electron chi connectivity index (χ1n) is 58.8. The molecule has 0 unspecified atom stereocenters. The molecule has 0 bridgehead atoms. The van der Waals surface area contributed by atoms with Crippen molar-refractivity contribution >= 4 is 23.6 Å². The third-order valence-corrected chi connectivity index (χ3v) is 27.4. The number of hydrogen-bond donors (Lipinski definition) is 2. The summed E-state index contributed by atoms with van der Waals surface area (Å²) in [5, 5.41) is 6.43. The van der Waals surface area contributed by atoms with Gasteiger partial charge in [-0.25, -0.2) is 0 Å². The van der Waals surface area contributed by atoms with Gasteiger partial charge in [0.1, 0.15) is 0 Å². The van der Waals surface area contributed by atoms with Crippen LogP contribution in [0.25, 0.3) is 0 Å². The van der Waals surface area contributed by atoms with Gasteiger partial charge in [0.2, 0.25) is 0 Å². The van der Waals surface area contributed by atoms with Gasteiger partial charge in [-0.3, -0.25) is 19.2 Å². The Labute approximate surface area is 847 Å². The van der Waals surface area contributed by atoms with Crippen molar-refractivity contribution in [2.24, 2.45) is 0 Å². The fraction of sp³-hybridized carbons (Fsp3) is 0.770. The lowest BCUT2D eigenvalue weighted by Crippen LogP contribution is -2.46. The van der Waals surface area contributed by atoms with Gasteiger partial charge in [0, 0.05) is 61.5 Å². The summed E-state index contributed by atoms with van der Waals surface area (Å²) in [6, 6.07) is 22.1. The summed E-state index contributed by atoms with van der Waals surface area (Å²) in [5.74, 6) is 3.47. The van der Waals surface area contributed by atoms with E-state index in [1.54, 1.807) is 9.80 Å². The van der Waals surface area contributed by atoms with Crippen LogP contribution < -0.4 is 48.5 Å². The smallest absolute Gasteiger partial charge is 0.254 e. The van der Waals surface area contributed by atoms with Crippen molar-refractivity contribution in [2.45, 2.75) is 518 Å². The minimum absolute atomic E-state index is 0.0732. The van der Waals surface area contributed by atoms with Crippen LogP contribution in [0.15, 0.2) is 72.8 Å². The highest BCUT2D eigenvalue weighted by Crippen LogP contribution is 2.35. The molecule has 138 heavy (non-hydrogen) atoms. The Balaban J connectivity index is 1.82. The maximum atomic E-state index is 15.9. The molecule has 0 radical (unpaired) electrons. The normalized spacial score (nSPS) is 11.3. The highest BCUT2D eigenvalue weighted by atomic mass is 16.5. The molecule has 790 valence electrons. The van der Waals surface area contributed by atoms with Gasteiger partial charge in [0.05, 0.1) is 52.9 Å². The van der Waals surface area contributed by atoms with E-state index >= 15 is 9.59 Å². The van der Waals surface area contributed by atoms with E-state index < -0.39 is 0 Å². The van der Waals surface area contributed by atoms with Gasteiger partial charge in [0.15, 0.2) is 46.0 Å². The maximum absolute atomic E-state index is 15.9. The molecular weight excluding hydrogens is 1710 g/mol. The summed E-state index contributed by atoms with van der Waals surface area (Å²) >= 11 is 0. The Morgan fingerprint density at radius 1 is 0.181 bits per heavy atom. The molecule has 0 heterocycles. The fourth-order valence-corrected chi connectivity index (χ4v) is 18.3. The third kappa shape index (κ3) is 63.9. The van der Waals surface area contributed by atoms with Crippen molar-refractivity contribution in [3.8, 4) is 46.0 Å². The standard InChI is InChI=1S/C122H210N4O12/c1-9-17-25-33-41-49-57-65-73-95-131-111-85-81-107(103-115(111)135-99-77-69-61-53-45-37-29-21-13-5)119(127)123-89-91-125(121(129)109-83-87-113(133-97-75-67-59-51-43-35-27-19-11-3)117(105-109)137-101-79-71-63-55-47-39-31-23-15-7)93-94-126(122(130)110-84-88-114(134-98-76-68-60-52-44-36-28-20-12-4)118(106-110)138-102-80-72-64-56-48-40-32-24-16-8)92-90-124-120(128)108-82-86-112(132-96-74-66-58-50-42-34-26-18-10-2)116(104-108)136-100-78-70-62-54-46-38-30-22-14-6/h81-88,103-106H,9-80,89-102H2,1-8H3,(H,123,127)(H,124,128). The fourth-order valence-electron chi connectivity index (χ4n) is 18.3. The van der Waals surface area contributed by atoms with Crippen LogP contribution >= 0.6 is 0 Å². The van der Waals surface area contributed by atoms with E-state index in [0.717, 1.165) is 116 Å². The first-order chi connectivity index (χ1) is 68.0. The average Bonchev–Trinajstić information content (AvgIpc) is 0.838. The van der Waals surface area contributed by atoms with E-state index in [4.69, 9.17) is 37.9 Å². The quantitative estimate of drug-likeness (QED) is 0.0401. The summed E-state index contributed by atoms with van der Waals surface area (Å²) in [6.45, 7) is 22.9. The van der Waals surface area contributed by atoms with Crippen LogP contribution in [-0.2, 0) is 0 Å². The van der Waals surface area contributed by atoms with Crippen LogP contribution in [0.1, 0.15) is 559 Å². The topological polar surface area (TPSA) is 173 Å². The number of nitrogens with one attached hydrogen (secondary N) is 2. The second-order valence-electron chi connectivity index (χ2n) is 40.2. The van der Waals surface area contributed by atoms with Crippen LogP contribution in [-0.4, -0.2) is 126 Å². The molecule has 0 saturated carbocycles. The van der Waals surface area contributed by atoms with E-state index in [9.17, 15) is 9.59 Å². The Kier molecular flexibility index (Phi) is 80.7. The lowest BCUT2D eigenvalue weighted by Gasteiger charge is -2.29. The van der Waals surface area contributed by atoms with Crippen LogP contribution in [0.2, 0.25) is 0 Å². The molecule has 4 aromatic carbocycles. The predicted molar refractivity (Wildman–Crippen MR) is 584 cm³/mol. The molecule has 0 atom stereocenters. The summed E-state index contributed by atoms with van der Waals surface area (Å²) in [7, 11) is 0. The molecule has 0 fully saturated rings. The van der Waals surface area contributed by atoms with Crippen molar-refractivity contribution in [1.82, 2.24) is 20.4 Å². The van der Waals surface area contributed by atoms with Gasteiger partial charge in [-0.2, -0.15) is 0 Å². The lowest BCUT2D eigenvalue weighted by atomic mass is 10.1. The van der Waals surface area contributed by atoms with Crippen LogP contribution in [0.5, 0.6) is 46.0 Å². The zero-order valence-corrected chi connectivity index (χ0v) is 90.5. The minimum Gasteiger partial charge on any atom is -0.490 e. The second kappa shape index (κ2) is 90.2. The largest absolute Gasteiger partial charge is 0.490 e. The van der Waals surface area contributed by atoms with Crippen LogP contribution in [0.4, 0.5) is 0 Å². The van der Waals surface area contributed by atoms with E-state index in [1.807, 2.05) is 72.8 Å². The van der Waals surface area contributed by atoms with Gasteiger partial charge < -0.3 is 58.3 Å². The number of rotatable bonds is 101. The summed E-state index contributed by atoms with van der Waals surface area (Å²) in [4.78, 5) is 65.0. The van der Waals surface area contributed by atoms with Crippen molar-refractivity contribution in [3.05, 3.63) is 95.1 Å². The molecular formula is C122H210N4O12. The van der Waals surface area contributed by atoms with Gasteiger partial charge in [0.25, 0.3) is 23.6 Å². The maximum Gasteiger partial charge on any atom is 0.254 e. The molecule has 0 aliphatic heterocycles. The highest BCUT2D eigenvalue weighted by molar-refractivity contribution is 5.97. The van der Waals surface area contributed by atoms with Crippen molar-refractivity contribution in [1.29, 1.82) is 0 Å². The van der Waals surface area contributed by atoms with Crippen molar-refractivity contribution in [3.63, 3.8) is 0 Å². The average molecular weight is 1930 g/mol. The number of benzene rings is 4. The Morgan fingerprint density at radius 2 is 0.326 bits per heavy atom. The van der Waals surface area contributed by atoms with E-state index in [0.29, 0.717) is 121 Å². The van der Waals surface area contributed by atoms with Crippen molar-refractivity contribution in [2.75, 3.05) is 92.1 Å². The molecule has 0 aliphatic rings. The van der Waals surface area contributed by atoms with Crippen molar-refractivity contribution < 1.29 is 57.1 Å². The SMILES string of the molecule is CCCCCCCCCCCOc1ccc(C(=O)NCCN(CCN(CCNC(=O)c2ccc(OCCCCCCCCCCC)c(OCCCCCCCCCCC)c2)C(=O)c2ccc(OCCCCCCCCCCC)c(OCCCCCCCCCCC)c2)C(=O)c2ccc(OCCCCCCCCCCC)c(OCCCCCCCCCCC)c2)cc1OCCCCCCCCCCC. The summed E-state index contributed by atoms with van der Waals surface area (Å²) in [5.41, 5.74) is 1.66. The van der Waals surface area contributed by atoms with Gasteiger partial charge in [-0.15, -0.1) is 0 Å². The Morgan fingerprint density at radius 3 is 0.500 bits per heavy atom. The number of ether oxygens (including phenoxy) is 8. The number of unbranched alkanes of at least 4 members (excludes halogenated alkanes) is 64. The molecule has 0 saturated heterocycles. The Hall–Kier alpha value is -6.84. The molecule has 4 amide bonds. The zero-order chi connectivity index (χ0) is 98.8. The third-order valence-electron chi connectivity index (χ3n) is 27.4. The summed E-state index contributed by atoms with van der Waals surface area (Å²) in [6.07, 6.45) is 86.3. The number of nitrogens with zero attached hydrogens (tertiary/aromatic N) is 2. The number of carbonyl (C=O) groups excluding carboxylic acids is 4. The second-order valence-corrected chi connectivity index (χ2v) is 40.2. The lowest BCUT2D eigenvalue weighted by molar-refractivity contribution is 0.0659. The number of carbonyl (C=O) groups is 4. The number of hydrogen-bond acceptors (Lipinski definition) is 12.